The molecule has 1 aliphatic heterocycles. The smallest absolute Gasteiger partial charge is 0.367 e. The van der Waals surface area contributed by atoms with Gasteiger partial charge in [-0.15, -0.1) is 0 Å². The summed E-state index contributed by atoms with van der Waals surface area (Å²) in [5.74, 6) is 0.715. The number of rotatable bonds is 7. The Bertz CT molecular complexity index is 634. The first-order valence-electron chi connectivity index (χ1n) is 10.7. The average molecular weight is 412 g/mol. The van der Waals surface area contributed by atoms with E-state index in [4.69, 9.17) is 0 Å². The summed E-state index contributed by atoms with van der Waals surface area (Å²) in [6.45, 7) is 1.85. The normalized spacial score (nSPS) is 20.0. The lowest BCUT2D eigenvalue weighted by molar-refractivity contribution is -0.176. The van der Waals surface area contributed by atoms with Crippen molar-refractivity contribution in [2.45, 2.75) is 63.8 Å². The van der Waals surface area contributed by atoms with Crippen LogP contribution in [-0.2, 0) is 11.3 Å². The van der Waals surface area contributed by atoms with Gasteiger partial charge in [0.1, 0.15) is 6.61 Å². The number of carbonyl (C=O) groups excluding carboxylic acids is 1. The van der Waals surface area contributed by atoms with Crippen LogP contribution in [0.5, 0.6) is 0 Å². The molecule has 2 fully saturated rings. The predicted octanol–water partition coefficient (Wildman–Crippen LogP) is 4.54. The molecule has 1 heterocycles. The zero-order chi connectivity index (χ0) is 20.7. The van der Waals surface area contributed by atoms with Crippen molar-refractivity contribution >= 4 is 5.91 Å². The number of ether oxygens (including phenoxy) is 1. The van der Waals surface area contributed by atoms with Crippen LogP contribution >= 0.6 is 0 Å². The van der Waals surface area contributed by atoms with Gasteiger partial charge in [0.2, 0.25) is 0 Å². The maximum absolute atomic E-state index is 12.5. The third kappa shape index (κ3) is 7.63. The number of benzene rings is 1. The van der Waals surface area contributed by atoms with E-state index in [0.29, 0.717) is 11.1 Å². The highest BCUT2D eigenvalue weighted by Gasteiger charge is 2.27. The first-order chi connectivity index (χ1) is 13.9. The molecule has 1 aromatic rings. The summed E-state index contributed by atoms with van der Waals surface area (Å²) >= 11 is 0. The number of nitrogens with zero attached hydrogens (tertiary/aromatic N) is 1. The van der Waals surface area contributed by atoms with E-state index in [9.17, 15) is 18.0 Å². The highest BCUT2D eigenvalue weighted by Crippen LogP contribution is 2.25. The Labute approximate surface area is 170 Å². The van der Waals surface area contributed by atoms with Crippen LogP contribution in [0.25, 0.3) is 0 Å². The third-order valence-corrected chi connectivity index (χ3v) is 5.91. The summed E-state index contributed by atoms with van der Waals surface area (Å²) in [6.07, 6.45) is 4.41. The number of nitrogens with one attached hydrogen (secondary N) is 1. The number of alkyl halides is 3. The van der Waals surface area contributed by atoms with Gasteiger partial charge in [0, 0.05) is 31.2 Å². The van der Waals surface area contributed by atoms with Gasteiger partial charge in [-0.1, -0.05) is 31.4 Å². The molecule has 162 valence electrons. The Hall–Kier alpha value is -1.60. The van der Waals surface area contributed by atoms with E-state index < -0.39 is 12.8 Å². The maximum Gasteiger partial charge on any atom is 0.411 e. The van der Waals surface area contributed by atoms with Gasteiger partial charge in [0.05, 0.1) is 6.61 Å². The van der Waals surface area contributed by atoms with Crippen LogP contribution in [-0.4, -0.2) is 49.3 Å². The number of carbonyl (C=O) groups is 1. The van der Waals surface area contributed by atoms with E-state index in [1.807, 2.05) is 0 Å². The Morgan fingerprint density at radius 2 is 1.69 bits per heavy atom. The summed E-state index contributed by atoms with van der Waals surface area (Å²) in [5.41, 5.74) is 1.14. The molecule has 3 rings (SSSR count). The first kappa shape index (κ1) is 22.1. The zero-order valence-corrected chi connectivity index (χ0v) is 16.8. The highest BCUT2D eigenvalue weighted by molar-refractivity contribution is 5.94. The van der Waals surface area contributed by atoms with E-state index in [0.717, 1.165) is 31.8 Å². The van der Waals surface area contributed by atoms with Gasteiger partial charge in [-0.2, -0.15) is 13.2 Å². The fourth-order valence-corrected chi connectivity index (χ4v) is 4.30. The van der Waals surface area contributed by atoms with Gasteiger partial charge in [0.15, 0.2) is 0 Å². The van der Waals surface area contributed by atoms with Gasteiger partial charge in [-0.05, 0) is 49.3 Å². The lowest BCUT2D eigenvalue weighted by Crippen LogP contribution is -2.45. The van der Waals surface area contributed by atoms with Gasteiger partial charge < -0.3 is 15.0 Å². The van der Waals surface area contributed by atoms with Crippen molar-refractivity contribution < 1.29 is 22.7 Å². The van der Waals surface area contributed by atoms with Crippen molar-refractivity contribution in [1.82, 2.24) is 10.2 Å². The monoisotopic (exact) mass is 412 g/mol. The van der Waals surface area contributed by atoms with E-state index in [1.54, 1.807) is 24.3 Å². The van der Waals surface area contributed by atoms with E-state index in [-0.39, 0.29) is 18.6 Å². The quantitative estimate of drug-likeness (QED) is 0.715. The molecule has 1 N–H and O–H groups in total. The summed E-state index contributed by atoms with van der Waals surface area (Å²) in [4.78, 5) is 15.0. The molecule has 4 nitrogen and oxygen atoms in total. The van der Waals surface area contributed by atoms with Crippen molar-refractivity contribution in [3.8, 4) is 0 Å². The topological polar surface area (TPSA) is 41.6 Å². The van der Waals surface area contributed by atoms with E-state index in [1.165, 1.54) is 38.6 Å². The minimum atomic E-state index is -4.33. The minimum absolute atomic E-state index is 0.124. The Kier molecular flexibility index (Phi) is 7.95. The molecule has 2 aliphatic rings. The Balaban J connectivity index is 1.38. The Morgan fingerprint density at radius 1 is 1.03 bits per heavy atom. The van der Waals surface area contributed by atoms with E-state index >= 15 is 0 Å². The molecule has 1 amide bonds. The number of amides is 1. The number of hydrogen-bond donors (Lipinski definition) is 1. The zero-order valence-electron chi connectivity index (χ0n) is 16.8. The first-order valence-corrected chi connectivity index (χ1v) is 10.7. The average Bonchev–Trinajstić information content (AvgIpc) is 2.70. The van der Waals surface area contributed by atoms with Crippen molar-refractivity contribution in [2.75, 3.05) is 26.2 Å². The second kappa shape index (κ2) is 10.4. The molecular formula is C22H31F3N2O2. The van der Waals surface area contributed by atoms with Gasteiger partial charge in [0.25, 0.3) is 5.91 Å². The van der Waals surface area contributed by atoms with Crippen LogP contribution in [0.4, 0.5) is 13.2 Å². The third-order valence-electron chi connectivity index (χ3n) is 5.91. The number of piperidine rings is 1. The molecule has 1 saturated carbocycles. The van der Waals surface area contributed by atoms with Crippen LogP contribution < -0.4 is 5.32 Å². The van der Waals surface area contributed by atoms with Gasteiger partial charge in [-0.3, -0.25) is 4.79 Å². The van der Waals surface area contributed by atoms with Crippen LogP contribution in [0.3, 0.4) is 0 Å². The lowest BCUT2D eigenvalue weighted by atomic mass is 9.88. The summed E-state index contributed by atoms with van der Waals surface area (Å²) < 4.78 is 41.0. The molecule has 1 aliphatic carbocycles. The molecule has 0 spiro atoms. The Morgan fingerprint density at radius 3 is 2.31 bits per heavy atom. The standard InChI is InChI=1S/C22H31F3N2O2/c23-22(24,25)16-29-15-18-6-8-19(9-7-18)21(28)26-20-10-12-27(13-11-20)14-17-4-2-1-3-5-17/h6-9,17,20H,1-5,10-16H2,(H,26,28). The molecule has 7 heteroatoms. The SMILES string of the molecule is O=C(NC1CCN(CC2CCCCC2)CC1)c1ccc(COCC(F)(F)F)cc1. The van der Waals surface area contributed by atoms with Crippen molar-refractivity contribution in [3.05, 3.63) is 35.4 Å². The van der Waals surface area contributed by atoms with Gasteiger partial charge >= 0.3 is 6.18 Å². The molecule has 1 saturated heterocycles. The molecule has 29 heavy (non-hydrogen) atoms. The predicted molar refractivity (Wildman–Crippen MR) is 106 cm³/mol. The second-order valence-corrected chi connectivity index (χ2v) is 8.36. The van der Waals surface area contributed by atoms with Crippen LogP contribution in [0, 0.1) is 5.92 Å². The van der Waals surface area contributed by atoms with Crippen LogP contribution in [0.2, 0.25) is 0 Å². The number of likely N-dealkylation sites (tertiary alicyclic amines) is 1. The highest BCUT2D eigenvalue weighted by atomic mass is 19.4. The minimum Gasteiger partial charge on any atom is -0.367 e. The second-order valence-electron chi connectivity index (χ2n) is 8.36. The molecule has 1 aromatic carbocycles. The van der Waals surface area contributed by atoms with Crippen molar-refractivity contribution in [3.63, 3.8) is 0 Å². The van der Waals surface area contributed by atoms with E-state index in [2.05, 4.69) is 15.0 Å². The maximum atomic E-state index is 12.5. The largest absolute Gasteiger partial charge is 0.411 e. The van der Waals surface area contributed by atoms with Crippen molar-refractivity contribution in [1.29, 1.82) is 0 Å². The summed E-state index contributed by atoms with van der Waals surface area (Å²) in [7, 11) is 0. The summed E-state index contributed by atoms with van der Waals surface area (Å²) in [6, 6.07) is 6.73. The molecular weight excluding hydrogens is 381 g/mol. The number of halogens is 3. The molecule has 0 aromatic heterocycles. The number of hydrogen-bond acceptors (Lipinski definition) is 3. The fraction of sp³-hybridized carbons (Fsp3) is 0.682. The van der Waals surface area contributed by atoms with Crippen LogP contribution in [0.15, 0.2) is 24.3 Å². The molecule has 0 radical (unpaired) electrons. The molecule has 0 unspecified atom stereocenters. The molecule has 0 bridgehead atoms. The summed E-state index contributed by atoms with van der Waals surface area (Å²) in [5, 5.41) is 3.10. The van der Waals surface area contributed by atoms with Crippen LogP contribution in [0.1, 0.15) is 60.9 Å². The fourth-order valence-electron chi connectivity index (χ4n) is 4.30. The molecule has 0 atom stereocenters. The van der Waals surface area contributed by atoms with Gasteiger partial charge in [-0.25, -0.2) is 0 Å². The lowest BCUT2D eigenvalue weighted by Gasteiger charge is -2.35. The van der Waals surface area contributed by atoms with Crippen molar-refractivity contribution in [2.24, 2.45) is 5.92 Å².